The van der Waals surface area contributed by atoms with Crippen LogP contribution in [0.4, 0.5) is 11.6 Å². The smallest absolute Gasteiger partial charge is 0.145 e. The number of anilines is 2. The van der Waals surface area contributed by atoms with Gasteiger partial charge in [0.05, 0.1) is 18.1 Å². The van der Waals surface area contributed by atoms with E-state index in [1.54, 1.807) is 29.7 Å². The summed E-state index contributed by atoms with van der Waals surface area (Å²) < 4.78 is 0. The first kappa shape index (κ1) is 33.3. The van der Waals surface area contributed by atoms with Crippen molar-refractivity contribution in [1.29, 1.82) is 0 Å². The number of benzene rings is 1. The topological polar surface area (TPSA) is 130 Å². The van der Waals surface area contributed by atoms with Crippen LogP contribution in [0.15, 0.2) is 67.4 Å². The van der Waals surface area contributed by atoms with E-state index in [-0.39, 0.29) is 0 Å². The first-order chi connectivity index (χ1) is 18.9. The second-order valence-corrected chi connectivity index (χ2v) is 8.73. The van der Waals surface area contributed by atoms with Crippen LogP contribution >= 0.6 is 0 Å². The molecule has 0 atom stereocenters. The number of hydrogen-bond acceptors (Lipinski definition) is 9. The summed E-state index contributed by atoms with van der Waals surface area (Å²) in [5.41, 5.74) is 8.10. The lowest BCUT2D eigenvalue weighted by molar-refractivity contribution is 0.229. The predicted molar refractivity (Wildman–Crippen MR) is 168 cm³/mol. The van der Waals surface area contributed by atoms with Crippen molar-refractivity contribution in [1.82, 2.24) is 25.3 Å². The van der Waals surface area contributed by atoms with Crippen LogP contribution in [-0.2, 0) is 0 Å². The minimum atomic E-state index is 0.324. The van der Waals surface area contributed by atoms with E-state index in [1.165, 1.54) is 0 Å². The Morgan fingerprint density at radius 2 is 1.74 bits per heavy atom. The van der Waals surface area contributed by atoms with Gasteiger partial charge in [-0.15, -0.1) is 0 Å². The molecular weight excluding hydrogens is 486 g/mol. The summed E-state index contributed by atoms with van der Waals surface area (Å²) in [7, 11) is 1.87. The number of nitrogens with one attached hydrogen (secondary N) is 3. The van der Waals surface area contributed by atoms with E-state index >= 15 is 0 Å². The van der Waals surface area contributed by atoms with Crippen LogP contribution in [0.3, 0.4) is 0 Å². The van der Waals surface area contributed by atoms with Gasteiger partial charge in [0.15, 0.2) is 0 Å². The summed E-state index contributed by atoms with van der Waals surface area (Å²) in [6.45, 7) is 17.8. The Morgan fingerprint density at radius 1 is 1.05 bits per heavy atom. The average Bonchev–Trinajstić information content (AvgIpc) is 2.99. The molecule has 1 saturated heterocycles. The predicted octanol–water partition coefficient (Wildman–Crippen LogP) is 5.51. The van der Waals surface area contributed by atoms with Gasteiger partial charge in [-0.25, -0.2) is 15.8 Å². The zero-order valence-corrected chi connectivity index (χ0v) is 24.8. The molecule has 1 aliphatic heterocycles. The highest BCUT2D eigenvalue weighted by Gasteiger charge is 2.15. The largest absolute Gasteiger partial charge is 0.398 e. The summed E-state index contributed by atoms with van der Waals surface area (Å²) in [5.74, 6) is 7.47. The fourth-order valence-electron chi connectivity index (χ4n) is 3.74. The molecule has 0 saturated carbocycles. The monoisotopic (exact) mass is 535 g/mol. The molecule has 1 aliphatic rings. The van der Waals surface area contributed by atoms with Crippen molar-refractivity contribution >= 4 is 22.4 Å². The molecule has 0 unspecified atom stereocenters. The van der Waals surface area contributed by atoms with Crippen molar-refractivity contribution in [3.05, 3.63) is 67.4 Å². The van der Waals surface area contributed by atoms with Gasteiger partial charge in [0.1, 0.15) is 11.6 Å². The van der Waals surface area contributed by atoms with E-state index in [2.05, 4.69) is 63.5 Å². The van der Waals surface area contributed by atoms with Crippen molar-refractivity contribution in [2.45, 2.75) is 66.5 Å². The molecule has 0 amide bonds. The molecule has 0 radical (unpaired) electrons. The van der Waals surface area contributed by atoms with Crippen molar-refractivity contribution in [2.24, 2.45) is 11.6 Å². The Morgan fingerprint density at radius 3 is 2.36 bits per heavy atom. The number of pyridine rings is 1. The summed E-state index contributed by atoms with van der Waals surface area (Å²) >= 11 is 0. The molecule has 7 N–H and O–H groups in total. The Kier molecular flexibility index (Phi) is 15.9. The van der Waals surface area contributed by atoms with Crippen LogP contribution in [0, 0.1) is 0 Å². The van der Waals surface area contributed by atoms with E-state index < -0.39 is 0 Å². The van der Waals surface area contributed by atoms with Crippen molar-refractivity contribution < 1.29 is 0 Å². The Balaban J connectivity index is 0.000000383. The lowest BCUT2D eigenvalue weighted by atomic mass is 10.1. The zero-order valence-electron chi connectivity index (χ0n) is 24.8. The SMILES string of the molecule is C=C/C(N)=C/N(N)C1CCNCC1.CC.CC.CNc1cc2cc(-c3cncc(NC(C)C)n3)ccc2cn1. The van der Waals surface area contributed by atoms with Gasteiger partial charge in [0.25, 0.3) is 0 Å². The third kappa shape index (κ3) is 11.3. The van der Waals surface area contributed by atoms with Crippen LogP contribution in [0.2, 0.25) is 0 Å². The molecule has 2 aromatic heterocycles. The molecule has 0 spiro atoms. The molecule has 4 rings (SSSR count). The second kappa shape index (κ2) is 18.5. The van der Waals surface area contributed by atoms with E-state index in [9.17, 15) is 0 Å². The van der Waals surface area contributed by atoms with Gasteiger partial charge in [-0.3, -0.25) is 4.98 Å². The lowest BCUT2D eigenvalue weighted by Crippen LogP contribution is -2.44. The van der Waals surface area contributed by atoms with E-state index in [4.69, 9.17) is 11.6 Å². The first-order valence-corrected chi connectivity index (χ1v) is 13.9. The van der Waals surface area contributed by atoms with E-state index in [1.807, 2.05) is 53.1 Å². The minimum Gasteiger partial charge on any atom is -0.398 e. The molecule has 1 fully saturated rings. The molecule has 9 nitrogen and oxygen atoms in total. The fraction of sp³-hybridized carbons (Fsp3) is 0.433. The van der Waals surface area contributed by atoms with Crippen LogP contribution in [0.5, 0.6) is 0 Å². The number of aromatic nitrogens is 3. The normalized spacial score (nSPS) is 13.1. The maximum Gasteiger partial charge on any atom is 0.145 e. The van der Waals surface area contributed by atoms with Crippen molar-refractivity contribution in [3.8, 4) is 11.3 Å². The number of rotatable bonds is 7. The summed E-state index contributed by atoms with van der Waals surface area (Å²) in [6, 6.07) is 8.97. The molecule has 0 aliphatic carbocycles. The molecule has 0 bridgehead atoms. The van der Waals surface area contributed by atoms with Gasteiger partial charge >= 0.3 is 0 Å². The number of hydrazine groups is 1. The van der Waals surface area contributed by atoms with Crippen molar-refractivity contribution in [3.63, 3.8) is 0 Å². The summed E-state index contributed by atoms with van der Waals surface area (Å²) in [6.07, 6.45) is 10.9. The van der Waals surface area contributed by atoms with Crippen LogP contribution in [-0.4, -0.2) is 52.2 Å². The first-order valence-electron chi connectivity index (χ1n) is 13.9. The Labute approximate surface area is 235 Å². The van der Waals surface area contributed by atoms with Crippen LogP contribution in [0.25, 0.3) is 22.0 Å². The molecule has 214 valence electrons. The molecule has 39 heavy (non-hydrogen) atoms. The molecule has 3 heterocycles. The highest BCUT2D eigenvalue weighted by molar-refractivity contribution is 5.88. The van der Waals surface area contributed by atoms with Gasteiger partial charge in [-0.05, 0) is 63.4 Å². The number of fused-ring (bicyclic) bond motifs is 1. The lowest BCUT2D eigenvalue weighted by Gasteiger charge is -2.30. The second-order valence-electron chi connectivity index (χ2n) is 8.73. The average molecular weight is 536 g/mol. The van der Waals surface area contributed by atoms with Crippen molar-refractivity contribution in [2.75, 3.05) is 30.8 Å². The van der Waals surface area contributed by atoms with Crippen LogP contribution < -0.4 is 27.5 Å². The molecule has 9 heteroatoms. The number of piperidine rings is 1. The Hall–Kier alpha value is -3.69. The van der Waals surface area contributed by atoms with Crippen LogP contribution in [0.1, 0.15) is 54.4 Å². The van der Waals surface area contributed by atoms with Gasteiger partial charge in [0.2, 0.25) is 0 Å². The molecular formula is C30H49N9. The number of nitrogens with zero attached hydrogens (tertiary/aromatic N) is 4. The zero-order chi connectivity index (χ0) is 29.2. The van der Waals surface area contributed by atoms with Gasteiger partial charge in [-0.1, -0.05) is 46.4 Å². The molecule has 3 aromatic rings. The van der Waals surface area contributed by atoms with E-state index in [0.29, 0.717) is 17.8 Å². The number of allylic oxidation sites excluding steroid dienone is 1. The van der Waals surface area contributed by atoms with Gasteiger partial charge < -0.3 is 26.7 Å². The quantitative estimate of drug-likeness (QED) is 0.151. The minimum absolute atomic E-state index is 0.324. The maximum absolute atomic E-state index is 5.83. The summed E-state index contributed by atoms with van der Waals surface area (Å²) in [5, 5.41) is 13.5. The van der Waals surface area contributed by atoms with E-state index in [0.717, 1.165) is 59.6 Å². The summed E-state index contributed by atoms with van der Waals surface area (Å²) in [4.78, 5) is 13.2. The number of hydrogen-bond donors (Lipinski definition) is 5. The van der Waals surface area contributed by atoms with Gasteiger partial charge in [-0.2, -0.15) is 0 Å². The third-order valence-corrected chi connectivity index (χ3v) is 5.61. The fourth-order valence-corrected chi connectivity index (χ4v) is 3.74. The highest BCUT2D eigenvalue weighted by atomic mass is 15.4. The Bertz CT molecular complexity index is 1140. The number of nitrogens with two attached hydrogens (primary N) is 2. The maximum atomic E-state index is 5.83. The van der Waals surface area contributed by atoms with Gasteiger partial charge in [0, 0.05) is 48.2 Å². The molecule has 1 aromatic carbocycles. The standard InChI is InChI=1S/C17H19N5.C9H18N4.2C2H6/c1-11(2)21-17-10-19-9-15(22-17)12-4-5-13-8-20-16(18-3)7-14(13)6-12;1-2-8(10)7-13(11)9-3-5-12-6-4-9;2*1-2/h4-11H,1-3H3,(H,18,20)(H,21,22);2,7,9,12H,1,3-6,10-11H2;2*1-2H3/b;8-7-;;. The third-order valence-electron chi connectivity index (χ3n) is 5.61. The highest BCUT2D eigenvalue weighted by Crippen LogP contribution is 2.24.